The molecule has 13 aromatic rings. The average molecular weight is 865 g/mol. The van der Waals surface area contributed by atoms with Crippen molar-refractivity contribution in [1.29, 1.82) is 0 Å². The summed E-state index contributed by atoms with van der Waals surface area (Å²) >= 11 is 0. The van der Waals surface area contributed by atoms with Gasteiger partial charge in [-0.15, -0.1) is 0 Å². The van der Waals surface area contributed by atoms with Crippen LogP contribution in [0.15, 0.2) is 223 Å². The Morgan fingerprint density at radius 2 is 0.765 bits per heavy atom. The highest BCUT2D eigenvalue weighted by molar-refractivity contribution is 6.28. The van der Waals surface area contributed by atoms with E-state index in [1.165, 1.54) is 99.1 Å². The van der Waals surface area contributed by atoms with Gasteiger partial charge in [0.15, 0.2) is 23.0 Å². The topological polar surface area (TPSA) is 31.6 Å². The molecule has 16 rings (SSSR count). The van der Waals surface area contributed by atoms with Gasteiger partial charge in [0.1, 0.15) is 11.2 Å². The molecule has 1 unspecified atom stereocenters. The largest absolute Gasteiger partial charge is 0.455 e. The molecule has 0 radical (unpaired) electrons. The lowest BCUT2D eigenvalue weighted by atomic mass is 9.70. The van der Waals surface area contributed by atoms with Crippen molar-refractivity contribution in [3.63, 3.8) is 0 Å². The normalized spacial score (nSPS) is 15.1. The lowest BCUT2D eigenvalue weighted by Crippen LogP contribution is -2.26. The first-order valence-corrected chi connectivity index (χ1v) is 23.4. The van der Waals surface area contributed by atoms with Crippen LogP contribution in [0, 0.1) is 0 Å². The molecule has 1 spiro atoms. The van der Waals surface area contributed by atoms with Crippen LogP contribution < -0.4 is 9.47 Å². The van der Waals surface area contributed by atoms with Crippen molar-refractivity contribution in [3.8, 4) is 67.5 Å². The van der Waals surface area contributed by atoms with E-state index < -0.39 is 5.41 Å². The number of fused-ring (bicyclic) bond motifs is 21. The first-order valence-electron chi connectivity index (χ1n) is 23.4. The molecule has 1 atom stereocenters. The minimum Gasteiger partial charge on any atom is -0.455 e. The van der Waals surface area contributed by atoms with Gasteiger partial charge in [-0.2, -0.15) is 0 Å². The molecular weight excluding hydrogens is 829 g/mol. The predicted molar refractivity (Wildman–Crippen MR) is 278 cm³/mol. The van der Waals surface area contributed by atoms with Crippen LogP contribution in [-0.4, -0.2) is 0 Å². The lowest BCUT2D eigenvalue weighted by Gasteiger charge is -2.31. The number of para-hydroxylation sites is 2. The predicted octanol–water partition coefficient (Wildman–Crippen LogP) is 17.8. The highest BCUT2D eigenvalue weighted by Gasteiger charge is 2.52. The van der Waals surface area contributed by atoms with E-state index in [0.29, 0.717) is 0 Å². The zero-order valence-electron chi connectivity index (χ0n) is 36.5. The van der Waals surface area contributed by atoms with E-state index in [1.54, 1.807) is 0 Å². The maximum absolute atomic E-state index is 6.88. The number of hydrogen-bond donors (Lipinski definition) is 0. The van der Waals surface area contributed by atoms with Crippen molar-refractivity contribution in [3.05, 3.63) is 241 Å². The molecule has 3 heteroatoms. The van der Waals surface area contributed by atoms with Crippen LogP contribution >= 0.6 is 0 Å². The molecule has 314 valence electrons. The van der Waals surface area contributed by atoms with Crippen molar-refractivity contribution in [2.45, 2.75) is 5.41 Å². The summed E-state index contributed by atoms with van der Waals surface area (Å²) in [7, 11) is 0. The molecule has 0 bridgehead atoms. The van der Waals surface area contributed by atoms with Gasteiger partial charge in [0.25, 0.3) is 0 Å². The highest BCUT2D eigenvalue weighted by Crippen LogP contribution is 2.65. The van der Waals surface area contributed by atoms with Crippen LogP contribution in [0.2, 0.25) is 0 Å². The van der Waals surface area contributed by atoms with Gasteiger partial charge in [-0.1, -0.05) is 176 Å². The van der Waals surface area contributed by atoms with Crippen LogP contribution in [0.3, 0.4) is 0 Å². The van der Waals surface area contributed by atoms with Crippen LogP contribution in [0.25, 0.3) is 110 Å². The number of ether oxygens (including phenoxy) is 2. The van der Waals surface area contributed by atoms with Crippen molar-refractivity contribution in [1.82, 2.24) is 0 Å². The van der Waals surface area contributed by atoms with E-state index in [4.69, 9.17) is 13.9 Å². The minimum absolute atomic E-state index is 0.553. The van der Waals surface area contributed by atoms with Gasteiger partial charge in [0.05, 0.1) is 5.41 Å². The molecule has 0 fully saturated rings. The van der Waals surface area contributed by atoms with Crippen LogP contribution in [0.1, 0.15) is 22.3 Å². The van der Waals surface area contributed by atoms with E-state index in [-0.39, 0.29) is 0 Å². The molecule has 1 aromatic heterocycles. The average Bonchev–Trinajstić information content (AvgIpc) is 4.02. The SMILES string of the molecule is c1ccc2c(c1)Oc1cc3c(cc1O2)C1(c2ccccc2-c2cc(-c4c5ccccc5c(-c5cc6c7ccc8ccccc8c7oc6c6ccccc56)c5ccccc45)ccc21)c1ccccc1-3. The Balaban J connectivity index is 0.944. The molecule has 0 N–H and O–H groups in total. The van der Waals surface area contributed by atoms with Gasteiger partial charge >= 0.3 is 0 Å². The van der Waals surface area contributed by atoms with Crippen molar-refractivity contribution in [2.24, 2.45) is 0 Å². The molecule has 3 aliphatic rings. The molecule has 2 heterocycles. The maximum atomic E-state index is 6.88. The third kappa shape index (κ3) is 4.58. The lowest BCUT2D eigenvalue weighted by molar-refractivity contribution is 0.359. The van der Waals surface area contributed by atoms with Crippen molar-refractivity contribution < 1.29 is 13.9 Å². The van der Waals surface area contributed by atoms with E-state index in [9.17, 15) is 0 Å². The van der Waals surface area contributed by atoms with Gasteiger partial charge in [-0.25, -0.2) is 0 Å². The first kappa shape index (κ1) is 36.3. The number of hydrogen-bond acceptors (Lipinski definition) is 3. The third-order valence-electron chi connectivity index (χ3n) is 15.3. The second-order valence-electron chi connectivity index (χ2n) is 18.5. The molecular formula is C65H36O3. The standard InChI is InChI=1S/C65H36O3/c1-2-16-39-37(15-1)29-31-48-52-34-51(40-17-3-8-24-47(40)64(52)68-63(39)48)62-45-22-6-4-20-43(45)61(44-21-5-7-23-46(44)62)38-30-32-55-49(33-38)41-18-9-11-25-53(41)65(55)54-26-12-10-19-42(54)50-35-59-60(36-56(50)65)67-58-28-14-13-27-57(58)66-59/h1-36H. The second-order valence-corrected chi connectivity index (χ2v) is 18.5. The van der Waals surface area contributed by atoms with Gasteiger partial charge < -0.3 is 13.9 Å². The summed E-state index contributed by atoms with van der Waals surface area (Å²) in [6.07, 6.45) is 0. The monoisotopic (exact) mass is 864 g/mol. The Morgan fingerprint density at radius 1 is 0.265 bits per heavy atom. The Labute approximate surface area is 390 Å². The third-order valence-corrected chi connectivity index (χ3v) is 15.3. The Hall–Kier alpha value is -8.92. The fraction of sp³-hybridized carbons (Fsp3) is 0.0154. The van der Waals surface area contributed by atoms with Crippen molar-refractivity contribution >= 4 is 65.0 Å². The minimum atomic E-state index is -0.553. The Morgan fingerprint density at radius 3 is 1.46 bits per heavy atom. The second kappa shape index (κ2) is 13.1. The van der Waals surface area contributed by atoms with E-state index >= 15 is 0 Å². The molecule has 3 nitrogen and oxygen atoms in total. The van der Waals surface area contributed by atoms with E-state index in [2.05, 4.69) is 194 Å². The van der Waals surface area contributed by atoms with Crippen LogP contribution in [0.4, 0.5) is 0 Å². The molecule has 68 heavy (non-hydrogen) atoms. The summed E-state index contributed by atoms with van der Waals surface area (Å²) < 4.78 is 20.0. The van der Waals surface area contributed by atoms with Crippen LogP contribution in [0.5, 0.6) is 23.0 Å². The summed E-state index contributed by atoms with van der Waals surface area (Å²) in [4.78, 5) is 0. The van der Waals surface area contributed by atoms with Gasteiger partial charge in [0, 0.05) is 21.5 Å². The van der Waals surface area contributed by atoms with Crippen LogP contribution in [-0.2, 0) is 5.41 Å². The fourth-order valence-corrected chi connectivity index (χ4v) is 12.6. The molecule has 2 aliphatic carbocycles. The van der Waals surface area contributed by atoms with E-state index in [0.717, 1.165) is 55.7 Å². The Kier molecular flexibility index (Phi) is 7.01. The number of furan rings is 1. The Bertz CT molecular complexity index is 4340. The summed E-state index contributed by atoms with van der Waals surface area (Å²) in [6.45, 7) is 0. The smallest absolute Gasteiger partial charge is 0.170 e. The molecule has 12 aromatic carbocycles. The van der Waals surface area contributed by atoms with E-state index in [1.807, 2.05) is 24.3 Å². The molecule has 0 saturated carbocycles. The van der Waals surface area contributed by atoms with Gasteiger partial charge in [-0.05, 0) is 142 Å². The first-order chi connectivity index (χ1) is 33.7. The summed E-state index contributed by atoms with van der Waals surface area (Å²) in [5, 5.41) is 11.7. The summed E-state index contributed by atoms with van der Waals surface area (Å²) in [6, 6.07) is 79.7. The molecule has 0 amide bonds. The van der Waals surface area contributed by atoms with Gasteiger partial charge in [-0.3, -0.25) is 0 Å². The zero-order chi connectivity index (χ0) is 44.2. The van der Waals surface area contributed by atoms with Gasteiger partial charge in [0.2, 0.25) is 0 Å². The zero-order valence-corrected chi connectivity index (χ0v) is 36.5. The summed E-state index contributed by atoms with van der Waals surface area (Å²) in [5.74, 6) is 2.92. The molecule has 1 aliphatic heterocycles. The highest BCUT2D eigenvalue weighted by atomic mass is 16.6. The number of benzene rings is 12. The fourth-order valence-electron chi connectivity index (χ4n) is 12.6. The van der Waals surface area contributed by atoms with Crippen molar-refractivity contribution in [2.75, 3.05) is 0 Å². The number of rotatable bonds is 2. The maximum Gasteiger partial charge on any atom is 0.170 e. The quantitative estimate of drug-likeness (QED) is 0.162. The summed E-state index contributed by atoms with van der Waals surface area (Å²) in [5.41, 5.74) is 16.1. The molecule has 0 saturated heterocycles.